The van der Waals surface area contributed by atoms with Crippen LogP contribution >= 0.6 is 23.2 Å². The van der Waals surface area contributed by atoms with Crippen molar-refractivity contribution in [2.45, 2.75) is 12.5 Å². The molecular weight excluding hydrogens is 301 g/mol. The molecule has 0 saturated heterocycles. The molecule has 20 heavy (non-hydrogen) atoms. The van der Waals surface area contributed by atoms with Gasteiger partial charge >= 0.3 is 0 Å². The second kappa shape index (κ2) is 6.79. The van der Waals surface area contributed by atoms with Crippen LogP contribution in [0.1, 0.15) is 28.6 Å². The van der Waals surface area contributed by atoms with E-state index < -0.39 is 6.10 Å². The topological polar surface area (TPSA) is 62.5 Å². The molecule has 2 rings (SSSR count). The highest BCUT2D eigenvalue weighted by molar-refractivity contribution is 6.36. The lowest BCUT2D eigenvalue weighted by Gasteiger charge is -2.10. The number of aliphatic hydroxyl groups excluding tert-OH is 1. The number of carbonyl (C=O) groups excluding carboxylic acids is 1. The molecule has 0 radical (unpaired) electrons. The van der Waals surface area contributed by atoms with Gasteiger partial charge in [0.2, 0.25) is 0 Å². The Labute approximate surface area is 126 Å². The highest BCUT2D eigenvalue weighted by atomic mass is 35.5. The Hall–Kier alpha value is -1.49. The van der Waals surface area contributed by atoms with Crippen LogP contribution in [0.3, 0.4) is 0 Å². The first-order valence-electron chi connectivity index (χ1n) is 6.02. The van der Waals surface area contributed by atoms with Crippen LogP contribution in [-0.4, -0.2) is 17.6 Å². The zero-order valence-corrected chi connectivity index (χ0v) is 12.0. The van der Waals surface area contributed by atoms with E-state index in [1.54, 1.807) is 24.3 Å². The lowest BCUT2D eigenvalue weighted by molar-refractivity contribution is 0.0936. The van der Waals surface area contributed by atoms with E-state index in [1.165, 1.54) is 12.3 Å². The second-order valence-corrected chi connectivity index (χ2v) is 5.04. The van der Waals surface area contributed by atoms with E-state index in [-0.39, 0.29) is 5.91 Å². The molecule has 0 bridgehead atoms. The summed E-state index contributed by atoms with van der Waals surface area (Å²) in [5.41, 5.74) is 0.351. The average Bonchev–Trinajstić information content (AvgIpc) is 2.92. The minimum Gasteiger partial charge on any atom is -0.467 e. The van der Waals surface area contributed by atoms with Gasteiger partial charge in [0.1, 0.15) is 11.9 Å². The molecule has 1 atom stereocenters. The number of nitrogens with one attached hydrogen (secondary N) is 1. The summed E-state index contributed by atoms with van der Waals surface area (Å²) < 4.78 is 5.07. The normalized spacial score (nSPS) is 12.2. The third-order valence-electron chi connectivity index (χ3n) is 2.75. The van der Waals surface area contributed by atoms with Crippen molar-refractivity contribution in [1.82, 2.24) is 5.32 Å². The molecular formula is C14H13Cl2NO3. The Morgan fingerprint density at radius 2 is 2.15 bits per heavy atom. The number of carbonyl (C=O) groups is 1. The van der Waals surface area contributed by atoms with E-state index in [0.29, 0.717) is 34.3 Å². The summed E-state index contributed by atoms with van der Waals surface area (Å²) in [6, 6.07) is 8.05. The third-order valence-corrected chi connectivity index (χ3v) is 3.30. The van der Waals surface area contributed by atoms with Crippen LogP contribution in [-0.2, 0) is 0 Å². The Kier molecular flexibility index (Phi) is 5.06. The number of hydrogen-bond acceptors (Lipinski definition) is 3. The molecule has 0 spiro atoms. The summed E-state index contributed by atoms with van der Waals surface area (Å²) in [6.45, 7) is 0.305. The number of halogens is 2. The SMILES string of the molecule is O=C(NCC[C@H](O)c1ccco1)c1ccc(Cl)cc1Cl. The maximum atomic E-state index is 11.9. The molecule has 0 aliphatic carbocycles. The summed E-state index contributed by atoms with van der Waals surface area (Å²) in [7, 11) is 0. The van der Waals surface area contributed by atoms with Gasteiger partial charge in [-0.15, -0.1) is 0 Å². The summed E-state index contributed by atoms with van der Waals surface area (Å²) >= 11 is 11.7. The fraction of sp³-hybridized carbons (Fsp3) is 0.214. The summed E-state index contributed by atoms with van der Waals surface area (Å²) in [6.07, 6.45) is 1.10. The van der Waals surface area contributed by atoms with Crippen molar-refractivity contribution in [3.8, 4) is 0 Å². The maximum Gasteiger partial charge on any atom is 0.252 e. The fourth-order valence-electron chi connectivity index (χ4n) is 1.71. The van der Waals surface area contributed by atoms with Gasteiger partial charge in [0.15, 0.2) is 0 Å². The first-order chi connectivity index (χ1) is 9.58. The monoisotopic (exact) mass is 313 g/mol. The number of benzene rings is 1. The first-order valence-corrected chi connectivity index (χ1v) is 6.78. The van der Waals surface area contributed by atoms with Crippen LogP contribution in [0.2, 0.25) is 10.0 Å². The number of rotatable bonds is 5. The molecule has 2 N–H and O–H groups in total. The molecule has 1 aromatic heterocycles. The van der Waals surface area contributed by atoms with Crippen LogP contribution in [0.5, 0.6) is 0 Å². The van der Waals surface area contributed by atoms with Gasteiger partial charge in [0.25, 0.3) is 5.91 Å². The van der Waals surface area contributed by atoms with Gasteiger partial charge in [-0.25, -0.2) is 0 Å². The number of amides is 1. The molecule has 2 aromatic rings. The highest BCUT2D eigenvalue weighted by Gasteiger charge is 2.13. The second-order valence-electron chi connectivity index (χ2n) is 4.20. The van der Waals surface area contributed by atoms with Gasteiger partial charge in [-0.1, -0.05) is 23.2 Å². The van der Waals surface area contributed by atoms with Gasteiger partial charge < -0.3 is 14.8 Å². The minimum atomic E-state index is -0.744. The molecule has 0 unspecified atom stereocenters. The van der Waals surface area contributed by atoms with Gasteiger partial charge in [0.05, 0.1) is 16.8 Å². The Morgan fingerprint density at radius 1 is 1.35 bits per heavy atom. The molecule has 6 heteroatoms. The zero-order valence-electron chi connectivity index (χ0n) is 10.5. The molecule has 1 amide bonds. The molecule has 0 fully saturated rings. The smallest absolute Gasteiger partial charge is 0.252 e. The lowest BCUT2D eigenvalue weighted by atomic mass is 10.2. The van der Waals surface area contributed by atoms with Gasteiger partial charge in [-0.3, -0.25) is 4.79 Å². The van der Waals surface area contributed by atoms with Crippen molar-refractivity contribution in [2.24, 2.45) is 0 Å². The molecule has 0 aliphatic rings. The van der Waals surface area contributed by atoms with E-state index in [4.69, 9.17) is 27.6 Å². The molecule has 0 saturated carbocycles. The number of furan rings is 1. The van der Waals surface area contributed by atoms with Crippen LogP contribution in [0.25, 0.3) is 0 Å². The maximum absolute atomic E-state index is 11.9. The molecule has 4 nitrogen and oxygen atoms in total. The van der Waals surface area contributed by atoms with E-state index >= 15 is 0 Å². The van der Waals surface area contributed by atoms with E-state index in [1.807, 2.05) is 0 Å². The number of aliphatic hydroxyl groups is 1. The largest absolute Gasteiger partial charge is 0.467 e. The van der Waals surface area contributed by atoms with Crippen LogP contribution in [0, 0.1) is 0 Å². The van der Waals surface area contributed by atoms with Crippen molar-refractivity contribution in [1.29, 1.82) is 0 Å². The molecule has 106 valence electrons. The molecule has 1 heterocycles. The van der Waals surface area contributed by atoms with E-state index in [2.05, 4.69) is 5.32 Å². The van der Waals surface area contributed by atoms with Crippen LogP contribution in [0.4, 0.5) is 0 Å². The van der Waals surface area contributed by atoms with Crippen LogP contribution < -0.4 is 5.32 Å². The van der Waals surface area contributed by atoms with Gasteiger partial charge in [-0.05, 0) is 36.8 Å². The van der Waals surface area contributed by atoms with Gasteiger partial charge in [0, 0.05) is 11.6 Å². The van der Waals surface area contributed by atoms with Crippen molar-refractivity contribution < 1.29 is 14.3 Å². The summed E-state index contributed by atoms with van der Waals surface area (Å²) in [4.78, 5) is 11.9. The van der Waals surface area contributed by atoms with E-state index in [0.717, 1.165) is 0 Å². The lowest BCUT2D eigenvalue weighted by Crippen LogP contribution is -2.25. The predicted octanol–water partition coefficient (Wildman–Crippen LogP) is 3.44. The summed E-state index contributed by atoms with van der Waals surface area (Å²) in [5, 5.41) is 13.2. The fourth-order valence-corrected chi connectivity index (χ4v) is 2.21. The molecule has 1 aromatic carbocycles. The Morgan fingerprint density at radius 3 is 2.80 bits per heavy atom. The van der Waals surface area contributed by atoms with Crippen molar-refractivity contribution >= 4 is 29.1 Å². The minimum absolute atomic E-state index is 0.293. The summed E-state index contributed by atoms with van der Waals surface area (Å²) in [5.74, 6) is 0.169. The van der Waals surface area contributed by atoms with E-state index in [9.17, 15) is 9.90 Å². The predicted molar refractivity (Wildman–Crippen MR) is 77.1 cm³/mol. The standard InChI is InChI=1S/C14H13Cl2NO3/c15-9-3-4-10(11(16)8-9)14(19)17-6-5-12(18)13-2-1-7-20-13/h1-4,7-8,12,18H,5-6H2,(H,17,19)/t12-/m0/s1. The Balaban J connectivity index is 1.86. The van der Waals surface area contributed by atoms with Crippen molar-refractivity contribution in [3.63, 3.8) is 0 Å². The highest BCUT2D eigenvalue weighted by Crippen LogP contribution is 2.21. The molecule has 0 aliphatic heterocycles. The first kappa shape index (κ1) is 14.9. The van der Waals surface area contributed by atoms with Crippen molar-refractivity contribution in [2.75, 3.05) is 6.54 Å². The number of hydrogen-bond donors (Lipinski definition) is 2. The average molecular weight is 314 g/mol. The van der Waals surface area contributed by atoms with Gasteiger partial charge in [-0.2, -0.15) is 0 Å². The van der Waals surface area contributed by atoms with Crippen molar-refractivity contribution in [3.05, 3.63) is 58.0 Å². The Bertz CT molecular complexity index is 584. The van der Waals surface area contributed by atoms with Crippen LogP contribution in [0.15, 0.2) is 41.0 Å². The quantitative estimate of drug-likeness (QED) is 0.888. The zero-order chi connectivity index (χ0) is 14.5. The third kappa shape index (κ3) is 3.76.